The van der Waals surface area contributed by atoms with Gasteiger partial charge in [-0.3, -0.25) is 4.79 Å². The molecule has 1 aromatic carbocycles. The summed E-state index contributed by atoms with van der Waals surface area (Å²) in [7, 11) is 0. The van der Waals surface area contributed by atoms with E-state index in [4.69, 9.17) is 9.47 Å². The van der Waals surface area contributed by atoms with Crippen molar-refractivity contribution >= 4 is 23.4 Å². The number of para-hydroxylation sites is 2. The highest BCUT2D eigenvalue weighted by atomic mass is 16.6. The van der Waals surface area contributed by atoms with Gasteiger partial charge in [-0.15, -0.1) is 0 Å². The summed E-state index contributed by atoms with van der Waals surface area (Å²) in [5.74, 6) is -0.0725. The number of morpholine rings is 1. The highest BCUT2D eigenvalue weighted by Crippen LogP contribution is 2.29. The number of hydrogen-bond acceptors (Lipinski definition) is 5. The van der Waals surface area contributed by atoms with Gasteiger partial charge in [0, 0.05) is 33.1 Å². The van der Waals surface area contributed by atoms with E-state index in [1.807, 2.05) is 45.0 Å². The number of carbonyl (C=O) groups excluding carboxylic acids is 2. The van der Waals surface area contributed by atoms with Crippen LogP contribution in [0, 0.1) is 0 Å². The molecule has 0 saturated carbocycles. The lowest BCUT2D eigenvalue weighted by Gasteiger charge is -2.33. The molecule has 7 heteroatoms. The molecule has 7 nitrogen and oxygen atoms in total. The lowest BCUT2D eigenvalue weighted by atomic mass is 10.2. The van der Waals surface area contributed by atoms with Crippen molar-refractivity contribution in [3.8, 4) is 0 Å². The van der Waals surface area contributed by atoms with Gasteiger partial charge in [0.1, 0.15) is 5.60 Å². The summed E-state index contributed by atoms with van der Waals surface area (Å²) >= 11 is 0. The second-order valence-electron chi connectivity index (χ2n) is 7.19. The van der Waals surface area contributed by atoms with Crippen LogP contribution in [0.15, 0.2) is 24.3 Å². The van der Waals surface area contributed by atoms with E-state index in [-0.39, 0.29) is 5.91 Å². The summed E-state index contributed by atoms with van der Waals surface area (Å²) < 4.78 is 10.6. The highest BCUT2D eigenvalue weighted by molar-refractivity contribution is 5.95. The van der Waals surface area contributed by atoms with Crippen molar-refractivity contribution < 1.29 is 19.1 Å². The molecule has 0 unspecified atom stereocenters. The van der Waals surface area contributed by atoms with E-state index in [0.717, 1.165) is 24.5 Å². The number of anilines is 2. The molecule has 1 heterocycles. The number of benzene rings is 1. The zero-order chi connectivity index (χ0) is 19.2. The highest BCUT2D eigenvalue weighted by Gasteiger charge is 2.21. The van der Waals surface area contributed by atoms with Crippen molar-refractivity contribution in [2.24, 2.45) is 0 Å². The van der Waals surface area contributed by atoms with Crippen LogP contribution in [0.2, 0.25) is 0 Å². The van der Waals surface area contributed by atoms with Crippen LogP contribution in [0.3, 0.4) is 0 Å². The van der Waals surface area contributed by atoms with Crippen LogP contribution in [0.1, 0.15) is 27.7 Å². The first-order valence-corrected chi connectivity index (χ1v) is 8.94. The standard InChI is InChI=1S/C19H29N3O4/c1-15(23)22(10-9-20-18(24)26-19(2,3)4)17-8-6-5-7-16(17)21-11-13-25-14-12-21/h5-8H,9-14H2,1-4H3,(H,20,24). The molecule has 1 saturated heterocycles. The largest absolute Gasteiger partial charge is 0.444 e. The lowest BCUT2D eigenvalue weighted by Crippen LogP contribution is -2.41. The number of ether oxygens (including phenoxy) is 2. The monoisotopic (exact) mass is 363 g/mol. The third-order valence-corrected chi connectivity index (χ3v) is 3.91. The smallest absolute Gasteiger partial charge is 0.407 e. The molecule has 26 heavy (non-hydrogen) atoms. The van der Waals surface area contributed by atoms with E-state index in [1.165, 1.54) is 6.92 Å². The summed E-state index contributed by atoms with van der Waals surface area (Å²) in [4.78, 5) is 27.9. The topological polar surface area (TPSA) is 71.1 Å². The minimum Gasteiger partial charge on any atom is -0.444 e. The molecule has 1 N–H and O–H groups in total. The lowest BCUT2D eigenvalue weighted by molar-refractivity contribution is -0.116. The number of amides is 2. The number of carbonyl (C=O) groups is 2. The number of rotatable bonds is 5. The Labute approximate surface area is 155 Å². The number of nitrogens with zero attached hydrogens (tertiary/aromatic N) is 2. The van der Waals surface area contributed by atoms with Crippen LogP contribution in [-0.4, -0.2) is 57.0 Å². The molecule has 0 radical (unpaired) electrons. The van der Waals surface area contributed by atoms with E-state index in [2.05, 4.69) is 10.2 Å². The Morgan fingerprint density at radius 2 is 1.88 bits per heavy atom. The quantitative estimate of drug-likeness (QED) is 0.870. The van der Waals surface area contributed by atoms with Crippen LogP contribution >= 0.6 is 0 Å². The van der Waals surface area contributed by atoms with Crippen molar-refractivity contribution in [3.63, 3.8) is 0 Å². The summed E-state index contributed by atoms with van der Waals surface area (Å²) in [6.45, 7) is 10.6. The van der Waals surface area contributed by atoms with E-state index < -0.39 is 11.7 Å². The fraction of sp³-hybridized carbons (Fsp3) is 0.579. The normalized spacial score (nSPS) is 14.7. The van der Waals surface area contributed by atoms with Crippen molar-refractivity contribution in [3.05, 3.63) is 24.3 Å². The van der Waals surface area contributed by atoms with Crippen molar-refractivity contribution in [2.45, 2.75) is 33.3 Å². The van der Waals surface area contributed by atoms with Crippen LogP contribution < -0.4 is 15.1 Å². The second kappa shape index (κ2) is 8.89. The Hall–Kier alpha value is -2.28. The van der Waals surface area contributed by atoms with Gasteiger partial charge in [-0.05, 0) is 32.9 Å². The van der Waals surface area contributed by atoms with Crippen LogP contribution in [0.25, 0.3) is 0 Å². The fourth-order valence-corrected chi connectivity index (χ4v) is 2.80. The fourth-order valence-electron chi connectivity index (χ4n) is 2.80. The number of hydrogen-bond donors (Lipinski definition) is 1. The van der Waals surface area contributed by atoms with Crippen molar-refractivity contribution in [2.75, 3.05) is 49.2 Å². The first-order chi connectivity index (χ1) is 12.3. The van der Waals surface area contributed by atoms with E-state index >= 15 is 0 Å². The summed E-state index contributed by atoms with van der Waals surface area (Å²) in [6, 6.07) is 7.82. The van der Waals surface area contributed by atoms with Crippen LogP contribution in [0.5, 0.6) is 0 Å². The molecule has 1 aromatic rings. The SMILES string of the molecule is CC(=O)N(CCNC(=O)OC(C)(C)C)c1ccccc1N1CCOCC1. The maximum Gasteiger partial charge on any atom is 0.407 e. The van der Waals surface area contributed by atoms with Crippen LogP contribution in [0.4, 0.5) is 16.2 Å². The van der Waals surface area contributed by atoms with Gasteiger partial charge in [0.05, 0.1) is 24.6 Å². The van der Waals surface area contributed by atoms with E-state index in [1.54, 1.807) is 4.90 Å². The zero-order valence-corrected chi connectivity index (χ0v) is 16.1. The predicted molar refractivity (Wildman–Crippen MR) is 102 cm³/mol. The summed E-state index contributed by atoms with van der Waals surface area (Å²) in [5, 5.41) is 2.70. The average Bonchev–Trinajstić information content (AvgIpc) is 2.58. The third kappa shape index (κ3) is 5.91. The van der Waals surface area contributed by atoms with Gasteiger partial charge < -0.3 is 24.6 Å². The number of alkyl carbamates (subject to hydrolysis) is 1. The van der Waals surface area contributed by atoms with Gasteiger partial charge in [0.25, 0.3) is 0 Å². The zero-order valence-electron chi connectivity index (χ0n) is 16.1. The van der Waals surface area contributed by atoms with Crippen molar-refractivity contribution in [1.82, 2.24) is 5.32 Å². The minimum absolute atomic E-state index is 0.0725. The number of nitrogens with one attached hydrogen (secondary N) is 1. The van der Waals surface area contributed by atoms with E-state index in [0.29, 0.717) is 26.3 Å². The molecule has 2 amide bonds. The molecule has 0 aromatic heterocycles. The maximum atomic E-state index is 12.2. The van der Waals surface area contributed by atoms with Gasteiger partial charge in [0.15, 0.2) is 0 Å². The molecule has 0 bridgehead atoms. The Bertz CT molecular complexity index is 621. The molecule has 1 fully saturated rings. The van der Waals surface area contributed by atoms with Gasteiger partial charge >= 0.3 is 6.09 Å². The van der Waals surface area contributed by atoms with Gasteiger partial charge in [0.2, 0.25) is 5.91 Å². The maximum absolute atomic E-state index is 12.2. The summed E-state index contributed by atoms with van der Waals surface area (Å²) in [6.07, 6.45) is -0.484. The molecule has 144 valence electrons. The van der Waals surface area contributed by atoms with Crippen molar-refractivity contribution in [1.29, 1.82) is 0 Å². The average molecular weight is 363 g/mol. The molecule has 0 atom stereocenters. The third-order valence-electron chi connectivity index (χ3n) is 3.91. The molecule has 2 rings (SSSR count). The molecule has 1 aliphatic rings. The molecular weight excluding hydrogens is 334 g/mol. The molecule has 0 aliphatic carbocycles. The Balaban J connectivity index is 2.05. The Morgan fingerprint density at radius 3 is 2.50 bits per heavy atom. The second-order valence-corrected chi connectivity index (χ2v) is 7.19. The van der Waals surface area contributed by atoms with Gasteiger partial charge in [-0.2, -0.15) is 0 Å². The van der Waals surface area contributed by atoms with E-state index in [9.17, 15) is 9.59 Å². The predicted octanol–water partition coefficient (Wildman–Crippen LogP) is 2.40. The van der Waals surface area contributed by atoms with Gasteiger partial charge in [-0.1, -0.05) is 12.1 Å². The van der Waals surface area contributed by atoms with Gasteiger partial charge in [-0.25, -0.2) is 4.79 Å². The Kier molecular flexibility index (Phi) is 6.85. The molecule has 0 spiro atoms. The first-order valence-electron chi connectivity index (χ1n) is 8.94. The molecule has 1 aliphatic heterocycles. The summed E-state index contributed by atoms with van der Waals surface area (Å²) in [5.41, 5.74) is 1.30. The Morgan fingerprint density at radius 1 is 1.23 bits per heavy atom. The van der Waals surface area contributed by atoms with Crippen LogP contribution in [-0.2, 0) is 14.3 Å². The first kappa shape index (κ1) is 20.0. The molecular formula is C19H29N3O4. The minimum atomic E-state index is -0.548.